The number of carbonyl (C=O) groups is 1. The number of hydrogen-bond donors (Lipinski definition) is 1. The SMILES string of the molecule is CCCC(Cc1c(C)[nH]c2c(C)cc(C)cc12)C(C)=O. The molecule has 20 heavy (non-hydrogen) atoms. The highest BCUT2D eigenvalue weighted by Crippen LogP contribution is 2.29. The second-order valence-electron chi connectivity index (χ2n) is 6.03. The minimum Gasteiger partial charge on any atom is -0.358 e. The third kappa shape index (κ3) is 2.79. The van der Waals surface area contributed by atoms with Gasteiger partial charge in [0.25, 0.3) is 0 Å². The van der Waals surface area contributed by atoms with Crippen molar-refractivity contribution >= 4 is 16.7 Å². The zero-order valence-electron chi connectivity index (χ0n) is 13.3. The second kappa shape index (κ2) is 5.82. The first-order valence-electron chi connectivity index (χ1n) is 7.52. The van der Waals surface area contributed by atoms with Crippen LogP contribution in [0.2, 0.25) is 0 Å². The molecule has 2 heteroatoms. The van der Waals surface area contributed by atoms with E-state index in [0.717, 1.165) is 19.3 Å². The van der Waals surface area contributed by atoms with E-state index in [1.54, 1.807) is 6.92 Å². The third-order valence-electron chi connectivity index (χ3n) is 4.23. The minimum absolute atomic E-state index is 0.151. The fraction of sp³-hybridized carbons (Fsp3) is 0.500. The molecule has 0 saturated heterocycles. The first-order chi connectivity index (χ1) is 9.43. The summed E-state index contributed by atoms with van der Waals surface area (Å²) in [5, 5.41) is 1.29. The maximum absolute atomic E-state index is 11.8. The standard InChI is InChI=1S/C18H25NO/c1-6-7-15(14(5)20)10-16-13(4)19-18-12(3)8-11(2)9-17(16)18/h8-9,15,19H,6-7,10H2,1-5H3. The molecule has 0 aliphatic rings. The smallest absolute Gasteiger partial charge is 0.133 e. The first-order valence-corrected chi connectivity index (χ1v) is 7.52. The summed E-state index contributed by atoms with van der Waals surface area (Å²) in [4.78, 5) is 15.3. The number of aromatic amines is 1. The van der Waals surface area contributed by atoms with Crippen LogP contribution in [0.3, 0.4) is 0 Å². The number of Topliss-reactive ketones (excluding diaryl/α,β-unsaturated/α-hetero) is 1. The fourth-order valence-corrected chi connectivity index (χ4v) is 3.14. The summed E-state index contributed by atoms with van der Waals surface area (Å²) < 4.78 is 0. The van der Waals surface area contributed by atoms with Crippen molar-refractivity contribution in [1.29, 1.82) is 0 Å². The number of benzene rings is 1. The monoisotopic (exact) mass is 271 g/mol. The number of carbonyl (C=O) groups excluding carboxylic acids is 1. The molecular weight excluding hydrogens is 246 g/mol. The Morgan fingerprint density at radius 1 is 1.25 bits per heavy atom. The van der Waals surface area contributed by atoms with Crippen LogP contribution < -0.4 is 0 Å². The summed E-state index contributed by atoms with van der Waals surface area (Å²) in [7, 11) is 0. The van der Waals surface area contributed by atoms with Gasteiger partial charge in [0.15, 0.2) is 0 Å². The van der Waals surface area contributed by atoms with E-state index < -0.39 is 0 Å². The van der Waals surface area contributed by atoms with E-state index in [4.69, 9.17) is 0 Å². The van der Waals surface area contributed by atoms with E-state index in [2.05, 4.69) is 44.8 Å². The molecule has 2 aromatic rings. The molecule has 2 nitrogen and oxygen atoms in total. The fourth-order valence-electron chi connectivity index (χ4n) is 3.14. The molecule has 2 rings (SSSR count). The van der Waals surface area contributed by atoms with Gasteiger partial charge < -0.3 is 4.98 Å². The van der Waals surface area contributed by atoms with Gasteiger partial charge in [-0.15, -0.1) is 0 Å². The van der Waals surface area contributed by atoms with Gasteiger partial charge >= 0.3 is 0 Å². The van der Waals surface area contributed by atoms with Gasteiger partial charge in [-0.25, -0.2) is 0 Å². The minimum atomic E-state index is 0.151. The zero-order valence-corrected chi connectivity index (χ0v) is 13.3. The van der Waals surface area contributed by atoms with Crippen LogP contribution in [0.1, 0.15) is 49.1 Å². The van der Waals surface area contributed by atoms with E-state index in [1.165, 1.54) is 33.3 Å². The van der Waals surface area contributed by atoms with Crippen molar-refractivity contribution in [2.24, 2.45) is 5.92 Å². The summed E-state index contributed by atoms with van der Waals surface area (Å²) in [6, 6.07) is 4.45. The van der Waals surface area contributed by atoms with Crippen LogP contribution in [0.15, 0.2) is 12.1 Å². The van der Waals surface area contributed by atoms with Crippen LogP contribution in [0.5, 0.6) is 0 Å². The number of ketones is 1. The number of nitrogens with one attached hydrogen (secondary N) is 1. The molecule has 1 aromatic carbocycles. The van der Waals surface area contributed by atoms with Crippen molar-refractivity contribution in [3.8, 4) is 0 Å². The Hall–Kier alpha value is -1.57. The maximum atomic E-state index is 11.8. The summed E-state index contributed by atoms with van der Waals surface area (Å²) in [5.74, 6) is 0.462. The Balaban J connectivity index is 2.48. The molecule has 1 N–H and O–H groups in total. The van der Waals surface area contributed by atoms with Crippen LogP contribution in [0, 0.1) is 26.7 Å². The van der Waals surface area contributed by atoms with Crippen molar-refractivity contribution in [1.82, 2.24) is 4.98 Å². The summed E-state index contributed by atoms with van der Waals surface area (Å²) in [6.07, 6.45) is 2.90. The van der Waals surface area contributed by atoms with Gasteiger partial charge in [-0.3, -0.25) is 4.79 Å². The molecule has 0 spiro atoms. The normalized spacial score (nSPS) is 12.8. The Labute approximate surface area is 121 Å². The maximum Gasteiger partial charge on any atom is 0.133 e. The Morgan fingerprint density at radius 2 is 1.95 bits per heavy atom. The van der Waals surface area contributed by atoms with Crippen LogP contribution >= 0.6 is 0 Å². The molecule has 1 atom stereocenters. The molecule has 1 aromatic heterocycles. The Kier molecular flexibility index (Phi) is 4.32. The topological polar surface area (TPSA) is 32.9 Å². The van der Waals surface area contributed by atoms with Crippen LogP contribution in [0.25, 0.3) is 10.9 Å². The van der Waals surface area contributed by atoms with Gasteiger partial charge in [-0.2, -0.15) is 0 Å². The highest BCUT2D eigenvalue weighted by atomic mass is 16.1. The average Bonchev–Trinajstić information content (AvgIpc) is 2.66. The lowest BCUT2D eigenvalue weighted by molar-refractivity contribution is -0.120. The Morgan fingerprint density at radius 3 is 2.55 bits per heavy atom. The number of rotatable bonds is 5. The van der Waals surface area contributed by atoms with E-state index in [0.29, 0.717) is 5.78 Å². The van der Waals surface area contributed by atoms with Crippen LogP contribution in [-0.4, -0.2) is 10.8 Å². The zero-order chi connectivity index (χ0) is 14.9. The number of fused-ring (bicyclic) bond motifs is 1. The molecule has 0 aliphatic heterocycles. The molecule has 0 saturated carbocycles. The summed E-state index contributed by atoms with van der Waals surface area (Å²) >= 11 is 0. The molecule has 0 fully saturated rings. The average molecular weight is 271 g/mol. The van der Waals surface area contributed by atoms with E-state index in [1.807, 2.05) is 0 Å². The van der Waals surface area contributed by atoms with Gasteiger partial charge in [-0.05, 0) is 57.7 Å². The van der Waals surface area contributed by atoms with Crippen molar-refractivity contribution in [2.45, 2.75) is 53.9 Å². The third-order valence-corrected chi connectivity index (χ3v) is 4.23. The number of hydrogen-bond acceptors (Lipinski definition) is 1. The summed E-state index contributed by atoms with van der Waals surface area (Å²) in [5.41, 5.74) is 6.31. The van der Waals surface area contributed by atoms with Crippen LogP contribution in [-0.2, 0) is 11.2 Å². The molecule has 1 unspecified atom stereocenters. The van der Waals surface area contributed by atoms with Gasteiger partial charge in [0, 0.05) is 22.5 Å². The molecule has 0 bridgehead atoms. The highest BCUT2D eigenvalue weighted by molar-refractivity contribution is 5.89. The van der Waals surface area contributed by atoms with Crippen molar-refractivity contribution in [2.75, 3.05) is 0 Å². The van der Waals surface area contributed by atoms with Gasteiger partial charge in [-0.1, -0.05) is 25.0 Å². The second-order valence-corrected chi connectivity index (χ2v) is 6.03. The molecule has 0 amide bonds. The predicted octanol–water partition coefficient (Wildman–Crippen LogP) is 4.64. The van der Waals surface area contributed by atoms with Gasteiger partial charge in [0.2, 0.25) is 0 Å². The largest absolute Gasteiger partial charge is 0.358 e. The number of aryl methyl sites for hydroxylation is 3. The predicted molar refractivity (Wildman–Crippen MR) is 85.3 cm³/mol. The Bertz CT molecular complexity index is 636. The van der Waals surface area contributed by atoms with Crippen LogP contribution in [0.4, 0.5) is 0 Å². The highest BCUT2D eigenvalue weighted by Gasteiger charge is 2.18. The number of H-pyrrole nitrogens is 1. The molecular formula is C18H25NO. The van der Waals surface area contributed by atoms with E-state index in [-0.39, 0.29) is 5.92 Å². The molecule has 0 aliphatic carbocycles. The lowest BCUT2D eigenvalue weighted by Gasteiger charge is -2.13. The molecule has 0 radical (unpaired) electrons. The quantitative estimate of drug-likeness (QED) is 0.844. The number of aromatic nitrogens is 1. The van der Waals surface area contributed by atoms with E-state index >= 15 is 0 Å². The first kappa shape index (κ1) is 14.8. The molecule has 1 heterocycles. The summed E-state index contributed by atoms with van der Waals surface area (Å²) in [6.45, 7) is 10.3. The molecule has 108 valence electrons. The lowest BCUT2D eigenvalue weighted by atomic mass is 9.90. The van der Waals surface area contributed by atoms with Gasteiger partial charge in [0.1, 0.15) is 5.78 Å². The lowest BCUT2D eigenvalue weighted by Crippen LogP contribution is -2.14. The van der Waals surface area contributed by atoms with Crippen molar-refractivity contribution in [3.05, 3.63) is 34.5 Å². The van der Waals surface area contributed by atoms with E-state index in [9.17, 15) is 4.79 Å². The van der Waals surface area contributed by atoms with Gasteiger partial charge in [0.05, 0.1) is 0 Å². The van der Waals surface area contributed by atoms with Crippen molar-refractivity contribution in [3.63, 3.8) is 0 Å². The van der Waals surface area contributed by atoms with Crippen molar-refractivity contribution < 1.29 is 4.79 Å².